The third-order valence-corrected chi connectivity index (χ3v) is 10.6. The Bertz CT molecular complexity index is 666. The van der Waals surface area contributed by atoms with Crippen LogP contribution in [-0.4, -0.2) is 46.2 Å². The van der Waals surface area contributed by atoms with Crippen molar-refractivity contribution in [2.24, 2.45) is 46.3 Å². The summed E-state index contributed by atoms with van der Waals surface area (Å²) in [6.45, 7) is 9.13. The quantitative estimate of drug-likeness (QED) is 0.569. The second-order valence-electron chi connectivity index (χ2n) is 11.8. The Morgan fingerprint density at radius 1 is 1.06 bits per heavy atom. The smallest absolute Gasteiger partial charge is 0.305 e. The molecule has 0 heterocycles. The van der Waals surface area contributed by atoms with Crippen LogP contribution in [0.1, 0.15) is 85.5 Å². The molecule has 8 unspecified atom stereocenters. The topological polar surface area (TPSA) is 87.0 Å². The minimum Gasteiger partial charge on any atom is -0.466 e. The fraction of sp³-hybridized carbons (Fsp3) is 0.962. The minimum atomic E-state index is -0.370. The number of fused-ring (bicyclic) bond motifs is 5. The lowest BCUT2D eigenvalue weighted by Gasteiger charge is -2.63. The summed E-state index contributed by atoms with van der Waals surface area (Å²) >= 11 is 0. The number of carbonyl (C=O) groups excluding carboxylic acids is 1. The zero-order valence-corrected chi connectivity index (χ0v) is 19.9. The van der Waals surface area contributed by atoms with E-state index < -0.39 is 0 Å². The van der Waals surface area contributed by atoms with E-state index in [9.17, 15) is 20.1 Å². The standard InChI is InChI=1S/C26H44O5/c1-5-31-23(30)9-6-15(2)18-7-8-19-24-20(14-22(29)26(18,19)4)25(3)11-10-17(27)12-16(25)13-21(24)28/h15-22,24,27-29H,5-14H2,1-4H3/t15?,16?,17-,18?,19?,20?,21-,22+,24?,25?,26?/m0/s1. The van der Waals surface area contributed by atoms with Gasteiger partial charge in [-0.05, 0) is 105 Å². The number of hydrogen-bond acceptors (Lipinski definition) is 5. The summed E-state index contributed by atoms with van der Waals surface area (Å²) in [5.41, 5.74) is -0.0906. The van der Waals surface area contributed by atoms with Gasteiger partial charge in [-0.3, -0.25) is 4.79 Å². The average Bonchev–Trinajstić information content (AvgIpc) is 3.07. The molecule has 0 aromatic heterocycles. The first kappa shape index (κ1) is 23.5. The molecule has 4 fully saturated rings. The first-order valence-electron chi connectivity index (χ1n) is 12.8. The number of aliphatic hydroxyl groups excluding tert-OH is 3. The van der Waals surface area contributed by atoms with E-state index in [0.29, 0.717) is 42.6 Å². The van der Waals surface area contributed by atoms with Gasteiger partial charge in [0.15, 0.2) is 0 Å². The fourth-order valence-corrected chi connectivity index (χ4v) is 8.91. The Morgan fingerprint density at radius 3 is 2.52 bits per heavy atom. The van der Waals surface area contributed by atoms with Gasteiger partial charge in [0.05, 0.1) is 24.9 Å². The molecular weight excluding hydrogens is 392 g/mol. The normalized spacial score (nSPS) is 50.2. The maximum Gasteiger partial charge on any atom is 0.305 e. The van der Waals surface area contributed by atoms with Crippen molar-refractivity contribution in [2.75, 3.05) is 6.61 Å². The maximum absolute atomic E-state index is 11.9. The first-order valence-corrected chi connectivity index (χ1v) is 12.8. The lowest BCUT2D eigenvalue weighted by atomic mass is 9.43. The highest BCUT2D eigenvalue weighted by Crippen LogP contribution is 2.68. The van der Waals surface area contributed by atoms with Gasteiger partial charge in [0.2, 0.25) is 0 Å². The van der Waals surface area contributed by atoms with E-state index >= 15 is 0 Å². The van der Waals surface area contributed by atoms with E-state index in [4.69, 9.17) is 4.74 Å². The summed E-state index contributed by atoms with van der Waals surface area (Å²) in [5.74, 6) is 1.84. The zero-order valence-electron chi connectivity index (χ0n) is 19.9. The number of aliphatic hydroxyl groups is 3. The number of rotatable bonds is 5. The summed E-state index contributed by atoms with van der Waals surface area (Å²) in [4.78, 5) is 11.9. The van der Waals surface area contributed by atoms with Crippen molar-refractivity contribution in [1.82, 2.24) is 0 Å². The highest BCUT2D eigenvalue weighted by atomic mass is 16.5. The monoisotopic (exact) mass is 436 g/mol. The molecule has 178 valence electrons. The Kier molecular flexibility index (Phi) is 6.53. The van der Waals surface area contributed by atoms with Crippen molar-refractivity contribution in [2.45, 2.75) is 104 Å². The van der Waals surface area contributed by atoms with Gasteiger partial charge in [-0.1, -0.05) is 20.8 Å². The predicted octanol–water partition coefficient (Wildman–Crippen LogP) is 3.93. The van der Waals surface area contributed by atoms with Crippen molar-refractivity contribution in [1.29, 1.82) is 0 Å². The van der Waals surface area contributed by atoms with Crippen LogP contribution in [-0.2, 0) is 9.53 Å². The van der Waals surface area contributed by atoms with Crippen LogP contribution >= 0.6 is 0 Å². The predicted molar refractivity (Wildman–Crippen MR) is 119 cm³/mol. The molecule has 4 aliphatic rings. The molecular formula is C26H44O5. The van der Waals surface area contributed by atoms with Gasteiger partial charge >= 0.3 is 5.97 Å². The maximum atomic E-state index is 11.9. The Labute approximate surface area is 187 Å². The van der Waals surface area contributed by atoms with E-state index in [-0.39, 0.29) is 41.0 Å². The van der Waals surface area contributed by atoms with Crippen molar-refractivity contribution < 1.29 is 24.9 Å². The third-order valence-electron chi connectivity index (χ3n) is 10.6. The van der Waals surface area contributed by atoms with Crippen LogP contribution in [0, 0.1) is 46.3 Å². The molecule has 0 aromatic carbocycles. The van der Waals surface area contributed by atoms with Crippen LogP contribution in [0.15, 0.2) is 0 Å². The molecule has 4 aliphatic carbocycles. The van der Waals surface area contributed by atoms with Crippen LogP contribution in [0.4, 0.5) is 0 Å². The zero-order chi connectivity index (χ0) is 22.6. The largest absolute Gasteiger partial charge is 0.466 e. The summed E-state index contributed by atoms with van der Waals surface area (Å²) in [6.07, 6.45) is 6.62. The summed E-state index contributed by atoms with van der Waals surface area (Å²) in [7, 11) is 0. The lowest BCUT2D eigenvalue weighted by Crippen LogP contribution is -2.62. The molecule has 0 aromatic rings. The summed E-state index contributed by atoms with van der Waals surface area (Å²) < 4.78 is 5.12. The minimum absolute atomic E-state index is 0.110. The number of carbonyl (C=O) groups is 1. The van der Waals surface area contributed by atoms with E-state index in [0.717, 1.165) is 51.4 Å². The highest BCUT2D eigenvalue weighted by molar-refractivity contribution is 5.69. The van der Waals surface area contributed by atoms with E-state index in [1.807, 2.05) is 6.92 Å². The molecule has 0 saturated heterocycles. The fourth-order valence-electron chi connectivity index (χ4n) is 8.91. The Morgan fingerprint density at radius 2 is 1.81 bits per heavy atom. The Hall–Kier alpha value is -0.650. The lowest BCUT2D eigenvalue weighted by molar-refractivity contribution is -0.207. The SMILES string of the molecule is CCOC(=O)CCC(C)C1CCC2C3C(C[C@@H](O)C12C)C1(C)CC[C@H](O)CC1C[C@@H]3O. The molecule has 4 rings (SSSR count). The molecule has 5 heteroatoms. The van der Waals surface area contributed by atoms with Crippen molar-refractivity contribution in [3.63, 3.8) is 0 Å². The first-order chi connectivity index (χ1) is 14.6. The second-order valence-corrected chi connectivity index (χ2v) is 11.8. The van der Waals surface area contributed by atoms with Gasteiger partial charge in [0, 0.05) is 6.42 Å². The highest BCUT2D eigenvalue weighted by Gasteiger charge is 2.65. The van der Waals surface area contributed by atoms with Gasteiger partial charge in [-0.2, -0.15) is 0 Å². The van der Waals surface area contributed by atoms with Gasteiger partial charge in [-0.25, -0.2) is 0 Å². The van der Waals surface area contributed by atoms with Crippen LogP contribution in [0.5, 0.6) is 0 Å². The van der Waals surface area contributed by atoms with Gasteiger partial charge in [-0.15, -0.1) is 0 Å². The van der Waals surface area contributed by atoms with Crippen LogP contribution in [0.2, 0.25) is 0 Å². The van der Waals surface area contributed by atoms with E-state index in [1.54, 1.807) is 0 Å². The van der Waals surface area contributed by atoms with E-state index in [1.165, 1.54) is 0 Å². The molecule has 11 atom stereocenters. The molecule has 0 bridgehead atoms. The molecule has 3 N–H and O–H groups in total. The Balaban J connectivity index is 1.54. The molecule has 31 heavy (non-hydrogen) atoms. The molecule has 0 aliphatic heterocycles. The van der Waals surface area contributed by atoms with Gasteiger partial charge in [0.1, 0.15) is 0 Å². The number of hydrogen-bond donors (Lipinski definition) is 3. The van der Waals surface area contributed by atoms with Crippen LogP contribution in [0.3, 0.4) is 0 Å². The molecule has 0 spiro atoms. The number of ether oxygens (including phenoxy) is 1. The average molecular weight is 437 g/mol. The van der Waals surface area contributed by atoms with Crippen LogP contribution in [0.25, 0.3) is 0 Å². The van der Waals surface area contributed by atoms with Crippen molar-refractivity contribution in [3.05, 3.63) is 0 Å². The van der Waals surface area contributed by atoms with Gasteiger partial charge in [0.25, 0.3) is 0 Å². The number of esters is 1. The molecule has 0 radical (unpaired) electrons. The molecule has 0 amide bonds. The van der Waals surface area contributed by atoms with Gasteiger partial charge < -0.3 is 20.1 Å². The third kappa shape index (κ3) is 3.77. The summed E-state index contributed by atoms with van der Waals surface area (Å²) in [5, 5.41) is 33.1. The van der Waals surface area contributed by atoms with Crippen molar-refractivity contribution in [3.8, 4) is 0 Å². The second kappa shape index (κ2) is 8.61. The van der Waals surface area contributed by atoms with Crippen LogP contribution < -0.4 is 0 Å². The molecule has 4 saturated carbocycles. The van der Waals surface area contributed by atoms with E-state index in [2.05, 4.69) is 20.8 Å². The summed E-state index contributed by atoms with van der Waals surface area (Å²) in [6, 6.07) is 0. The van der Waals surface area contributed by atoms with Crippen molar-refractivity contribution >= 4 is 5.97 Å². The molecule has 5 nitrogen and oxygen atoms in total.